The molecule has 1 aliphatic heterocycles. The van der Waals surface area contributed by atoms with Crippen molar-refractivity contribution in [3.05, 3.63) is 76.9 Å². The van der Waals surface area contributed by atoms with Crippen LogP contribution in [0.25, 0.3) is 5.57 Å². The Morgan fingerprint density at radius 1 is 1.10 bits per heavy atom. The minimum Gasteiger partial charge on any atom is -0.497 e. The fraction of sp³-hybridized carbons (Fsp3) is 0.304. The molecule has 1 aliphatic carbocycles. The van der Waals surface area contributed by atoms with Crippen LogP contribution in [0.1, 0.15) is 17.5 Å². The van der Waals surface area contributed by atoms with Crippen LogP contribution in [0.3, 0.4) is 0 Å². The van der Waals surface area contributed by atoms with E-state index in [2.05, 4.69) is 0 Å². The van der Waals surface area contributed by atoms with Crippen LogP contribution in [0.5, 0.6) is 5.75 Å². The number of allylic oxidation sites excluding steroid dienone is 2. The van der Waals surface area contributed by atoms with Crippen LogP contribution in [-0.2, 0) is 10.0 Å². The number of benzene rings is 2. The second kappa shape index (κ2) is 7.78. The standard InChI is InChI=1S/C23H25NO4S/c1-16-3-10-20(11-4-16)29(26,27)24-13-22-18(15-25)7-12-21(23(22)14-24)17-5-8-19(28-2)9-6-17/h3-11,22,25H,12-15H2,1-2H3. The minimum atomic E-state index is -3.59. The van der Waals surface area contributed by atoms with Crippen molar-refractivity contribution in [2.24, 2.45) is 5.92 Å². The van der Waals surface area contributed by atoms with E-state index in [1.54, 1.807) is 19.2 Å². The maximum atomic E-state index is 13.2. The molecule has 1 heterocycles. The molecular weight excluding hydrogens is 386 g/mol. The molecule has 0 amide bonds. The van der Waals surface area contributed by atoms with E-state index in [0.29, 0.717) is 24.4 Å². The number of sulfonamides is 1. The number of aliphatic hydroxyl groups is 1. The molecule has 6 heteroatoms. The lowest BCUT2D eigenvalue weighted by atomic mass is 9.81. The average Bonchev–Trinajstić information content (AvgIpc) is 3.20. The van der Waals surface area contributed by atoms with E-state index in [-0.39, 0.29) is 12.5 Å². The highest BCUT2D eigenvalue weighted by molar-refractivity contribution is 7.89. The monoisotopic (exact) mass is 411 g/mol. The van der Waals surface area contributed by atoms with Gasteiger partial charge in [0, 0.05) is 19.0 Å². The molecule has 2 aromatic carbocycles. The van der Waals surface area contributed by atoms with Gasteiger partial charge in [0.1, 0.15) is 5.75 Å². The van der Waals surface area contributed by atoms with Crippen molar-refractivity contribution in [2.75, 3.05) is 26.8 Å². The predicted octanol–water partition coefficient (Wildman–Crippen LogP) is 3.40. The number of aliphatic hydroxyl groups excluding tert-OH is 1. The highest BCUT2D eigenvalue weighted by Crippen LogP contribution is 2.42. The third-order valence-corrected chi connectivity index (χ3v) is 7.66. The molecule has 0 radical (unpaired) electrons. The predicted molar refractivity (Wildman–Crippen MR) is 113 cm³/mol. The first-order valence-corrected chi connectivity index (χ1v) is 11.1. The smallest absolute Gasteiger partial charge is 0.243 e. The van der Waals surface area contributed by atoms with Gasteiger partial charge in [0.15, 0.2) is 0 Å². The van der Waals surface area contributed by atoms with Gasteiger partial charge in [0.05, 0.1) is 18.6 Å². The first-order valence-electron chi connectivity index (χ1n) is 9.67. The Kier molecular flexibility index (Phi) is 5.34. The zero-order valence-electron chi connectivity index (χ0n) is 16.6. The number of ether oxygens (including phenoxy) is 1. The molecule has 0 spiro atoms. The van der Waals surface area contributed by atoms with Gasteiger partial charge in [-0.3, -0.25) is 0 Å². The van der Waals surface area contributed by atoms with E-state index in [0.717, 1.165) is 33.6 Å². The number of methoxy groups -OCH3 is 1. The molecule has 4 rings (SSSR count). The third kappa shape index (κ3) is 3.64. The summed E-state index contributed by atoms with van der Waals surface area (Å²) < 4.78 is 33.2. The van der Waals surface area contributed by atoms with Gasteiger partial charge < -0.3 is 9.84 Å². The lowest BCUT2D eigenvalue weighted by Gasteiger charge is -2.23. The molecule has 152 valence electrons. The Morgan fingerprint density at radius 3 is 2.41 bits per heavy atom. The molecule has 0 aromatic heterocycles. The highest BCUT2D eigenvalue weighted by Gasteiger charge is 2.39. The van der Waals surface area contributed by atoms with Crippen LogP contribution in [-0.4, -0.2) is 44.6 Å². The SMILES string of the molecule is COc1ccc(C2=C3CN(S(=O)(=O)c4ccc(C)cc4)CC3C(CO)=CC2)cc1. The Balaban J connectivity index is 1.71. The number of hydrogen-bond acceptors (Lipinski definition) is 4. The van der Waals surface area contributed by atoms with Crippen LogP contribution in [0.4, 0.5) is 0 Å². The van der Waals surface area contributed by atoms with Crippen LogP contribution in [0.2, 0.25) is 0 Å². The first kappa shape index (κ1) is 19.9. The molecule has 0 bridgehead atoms. The molecule has 5 nitrogen and oxygen atoms in total. The summed E-state index contributed by atoms with van der Waals surface area (Å²) in [6.45, 7) is 2.59. The molecule has 29 heavy (non-hydrogen) atoms. The second-order valence-electron chi connectivity index (χ2n) is 7.54. The van der Waals surface area contributed by atoms with Crippen LogP contribution in [0.15, 0.2) is 70.6 Å². The fourth-order valence-electron chi connectivity index (χ4n) is 4.14. The summed E-state index contributed by atoms with van der Waals surface area (Å²) in [6.07, 6.45) is 2.72. The summed E-state index contributed by atoms with van der Waals surface area (Å²) in [4.78, 5) is 0.308. The summed E-state index contributed by atoms with van der Waals surface area (Å²) >= 11 is 0. The number of rotatable bonds is 5. The topological polar surface area (TPSA) is 66.8 Å². The lowest BCUT2D eigenvalue weighted by Crippen LogP contribution is -2.29. The van der Waals surface area contributed by atoms with E-state index in [1.807, 2.05) is 49.4 Å². The molecule has 2 aliphatic rings. The van der Waals surface area contributed by atoms with E-state index in [9.17, 15) is 13.5 Å². The lowest BCUT2D eigenvalue weighted by molar-refractivity contribution is 0.316. The van der Waals surface area contributed by atoms with Crippen molar-refractivity contribution < 1.29 is 18.3 Å². The summed E-state index contributed by atoms with van der Waals surface area (Å²) in [5.74, 6) is 0.708. The molecule has 0 saturated carbocycles. The van der Waals surface area contributed by atoms with Crippen LogP contribution < -0.4 is 4.74 Å². The zero-order valence-corrected chi connectivity index (χ0v) is 17.4. The maximum Gasteiger partial charge on any atom is 0.243 e. The third-order valence-electron chi connectivity index (χ3n) is 5.84. The van der Waals surface area contributed by atoms with Gasteiger partial charge in [-0.15, -0.1) is 0 Å². The largest absolute Gasteiger partial charge is 0.497 e. The summed E-state index contributed by atoms with van der Waals surface area (Å²) in [7, 11) is -1.96. The number of fused-ring (bicyclic) bond motifs is 1. The van der Waals surface area contributed by atoms with Crippen LogP contribution in [0, 0.1) is 12.8 Å². The van der Waals surface area contributed by atoms with Crippen molar-refractivity contribution >= 4 is 15.6 Å². The Hall–Kier alpha value is -2.41. The molecule has 1 saturated heterocycles. The molecule has 1 N–H and O–H groups in total. The van der Waals surface area contributed by atoms with E-state index < -0.39 is 10.0 Å². The summed E-state index contributed by atoms with van der Waals surface area (Å²) in [5, 5.41) is 9.82. The molecular formula is C23H25NO4S. The first-order chi connectivity index (χ1) is 13.9. The summed E-state index contributed by atoms with van der Waals surface area (Å²) in [5.41, 5.74) is 5.20. The van der Waals surface area contributed by atoms with Crippen molar-refractivity contribution in [3.8, 4) is 5.75 Å². The highest BCUT2D eigenvalue weighted by atomic mass is 32.2. The number of nitrogens with zero attached hydrogens (tertiary/aromatic N) is 1. The van der Waals surface area contributed by atoms with Gasteiger partial charge in [-0.2, -0.15) is 4.31 Å². The molecule has 1 fully saturated rings. The Morgan fingerprint density at radius 2 is 1.79 bits per heavy atom. The molecule has 2 aromatic rings. The minimum absolute atomic E-state index is 0.0531. The van der Waals surface area contributed by atoms with Gasteiger partial charge in [0.2, 0.25) is 10.0 Å². The van der Waals surface area contributed by atoms with Crippen molar-refractivity contribution in [2.45, 2.75) is 18.2 Å². The molecule has 1 unspecified atom stereocenters. The number of aryl methyl sites for hydroxylation is 1. The number of hydrogen-bond donors (Lipinski definition) is 1. The van der Waals surface area contributed by atoms with Crippen LogP contribution >= 0.6 is 0 Å². The van der Waals surface area contributed by atoms with Gasteiger partial charge in [-0.25, -0.2) is 8.42 Å². The maximum absolute atomic E-state index is 13.2. The van der Waals surface area contributed by atoms with Gasteiger partial charge in [0.25, 0.3) is 0 Å². The van der Waals surface area contributed by atoms with Crippen molar-refractivity contribution in [3.63, 3.8) is 0 Å². The second-order valence-corrected chi connectivity index (χ2v) is 9.47. The quantitative estimate of drug-likeness (QED) is 0.766. The fourth-order valence-corrected chi connectivity index (χ4v) is 5.58. The van der Waals surface area contributed by atoms with E-state index >= 15 is 0 Å². The van der Waals surface area contributed by atoms with Crippen molar-refractivity contribution in [1.29, 1.82) is 0 Å². The van der Waals surface area contributed by atoms with Crippen molar-refractivity contribution in [1.82, 2.24) is 4.31 Å². The van der Waals surface area contributed by atoms with Gasteiger partial charge in [-0.1, -0.05) is 35.9 Å². The molecule has 1 atom stereocenters. The normalized spacial score (nSPS) is 19.8. The zero-order chi connectivity index (χ0) is 20.6. The average molecular weight is 412 g/mol. The Bertz CT molecular complexity index is 1070. The van der Waals surface area contributed by atoms with E-state index in [1.165, 1.54) is 4.31 Å². The summed E-state index contributed by atoms with van der Waals surface area (Å²) in [6, 6.07) is 14.8. The Labute approximate surface area is 172 Å². The van der Waals surface area contributed by atoms with Gasteiger partial charge >= 0.3 is 0 Å². The van der Waals surface area contributed by atoms with E-state index in [4.69, 9.17) is 4.74 Å². The van der Waals surface area contributed by atoms with Gasteiger partial charge in [-0.05, 0) is 59.9 Å².